The number of nitrogens with zero attached hydrogens (tertiary/aromatic N) is 4. The Kier molecular flexibility index (Phi) is 6.90. The van der Waals surface area contributed by atoms with Gasteiger partial charge in [-0.3, -0.25) is 4.79 Å². The van der Waals surface area contributed by atoms with Crippen molar-refractivity contribution >= 4 is 46.3 Å². The number of benzene rings is 1. The topological polar surface area (TPSA) is 73.4 Å². The summed E-state index contributed by atoms with van der Waals surface area (Å²) >= 11 is 2.62. The lowest BCUT2D eigenvalue weighted by Crippen LogP contribution is -2.49. The number of rotatable bonds is 6. The maximum atomic E-state index is 14.1. The number of piperazine rings is 1. The molecule has 4 heterocycles. The lowest BCUT2D eigenvalue weighted by Gasteiger charge is -2.34. The molecule has 0 bridgehead atoms. The molecule has 1 aromatic carbocycles. The average Bonchev–Trinajstić information content (AvgIpc) is 3.88. The Morgan fingerprint density at radius 1 is 1.12 bits per heavy atom. The molecule has 0 spiro atoms. The van der Waals surface area contributed by atoms with Gasteiger partial charge in [-0.05, 0) is 68.4 Å². The number of carbonyl (C=O) groups is 1. The van der Waals surface area contributed by atoms with E-state index in [-0.39, 0.29) is 23.6 Å². The molecule has 216 valence electrons. The van der Waals surface area contributed by atoms with Crippen LogP contribution in [0.25, 0.3) is 10.6 Å². The highest BCUT2D eigenvalue weighted by Crippen LogP contribution is 2.47. The van der Waals surface area contributed by atoms with E-state index in [9.17, 15) is 18.0 Å². The number of thioether (sulfide) groups is 1. The van der Waals surface area contributed by atoms with Gasteiger partial charge in [-0.25, -0.2) is 9.97 Å². The summed E-state index contributed by atoms with van der Waals surface area (Å²) in [6, 6.07) is 8.60. The minimum atomic E-state index is -4.63. The van der Waals surface area contributed by atoms with Gasteiger partial charge in [-0.15, -0.1) is 23.1 Å². The Morgan fingerprint density at radius 2 is 1.95 bits per heavy atom. The van der Waals surface area contributed by atoms with Gasteiger partial charge in [0.1, 0.15) is 10.4 Å². The average molecular weight is 601 g/mol. The number of fused-ring (bicyclic) bond motifs is 1. The minimum absolute atomic E-state index is 0.0854. The lowest BCUT2D eigenvalue weighted by molar-refractivity contribution is -0.137. The van der Waals surface area contributed by atoms with Crippen molar-refractivity contribution in [3.8, 4) is 10.6 Å². The van der Waals surface area contributed by atoms with E-state index in [1.54, 1.807) is 6.07 Å². The maximum absolute atomic E-state index is 14.1. The van der Waals surface area contributed by atoms with Crippen molar-refractivity contribution in [3.63, 3.8) is 0 Å². The molecule has 7 nitrogen and oxygen atoms in total. The molecule has 3 aromatic rings. The molecule has 2 aromatic heterocycles. The number of carbonyl (C=O) groups excluding carboxylic acids is 1. The Balaban J connectivity index is 1.22. The van der Waals surface area contributed by atoms with Crippen molar-refractivity contribution in [1.82, 2.24) is 20.2 Å². The first-order valence-corrected chi connectivity index (χ1v) is 16.0. The molecule has 3 fully saturated rings. The normalized spacial score (nSPS) is 21.6. The first-order valence-electron chi connectivity index (χ1n) is 14.2. The zero-order chi connectivity index (χ0) is 28.3. The van der Waals surface area contributed by atoms with Crippen LogP contribution in [0.1, 0.15) is 59.3 Å². The van der Waals surface area contributed by atoms with Crippen LogP contribution >= 0.6 is 23.1 Å². The number of alkyl halides is 3. The SMILES string of the molecule is C[C@H]1CN(c2ccc(Nc3ncc(C(F)(F)F)c(-c4cc5c(s4)C(=O)N(C4CC4)CCS5)n3)c(C3CC3)c2)CCN1. The third-order valence-corrected chi connectivity index (χ3v) is 10.4. The fourth-order valence-electron chi connectivity index (χ4n) is 5.69. The van der Waals surface area contributed by atoms with Crippen molar-refractivity contribution in [1.29, 1.82) is 0 Å². The second-order valence-corrected chi connectivity index (χ2v) is 13.5. The monoisotopic (exact) mass is 600 g/mol. The fraction of sp³-hybridized carbons (Fsp3) is 0.483. The molecule has 1 atom stereocenters. The number of anilines is 3. The van der Waals surface area contributed by atoms with Crippen LogP contribution in [0, 0.1) is 0 Å². The van der Waals surface area contributed by atoms with Gasteiger partial charge >= 0.3 is 6.18 Å². The summed E-state index contributed by atoms with van der Waals surface area (Å²) < 4.78 is 42.4. The molecule has 2 saturated carbocycles. The van der Waals surface area contributed by atoms with Crippen molar-refractivity contribution in [2.24, 2.45) is 0 Å². The predicted molar refractivity (Wildman–Crippen MR) is 157 cm³/mol. The number of thiophene rings is 1. The number of hydrogen-bond acceptors (Lipinski definition) is 8. The Hall–Kier alpha value is -2.83. The number of amides is 1. The van der Waals surface area contributed by atoms with Crippen LogP contribution < -0.4 is 15.5 Å². The first kappa shape index (κ1) is 27.0. The summed E-state index contributed by atoms with van der Waals surface area (Å²) in [5.74, 6) is 1.16. The third-order valence-electron chi connectivity index (χ3n) is 8.09. The molecule has 0 radical (unpaired) electrons. The maximum Gasteiger partial charge on any atom is 0.420 e. The first-order chi connectivity index (χ1) is 19.7. The van der Waals surface area contributed by atoms with Gasteiger partial charge in [0.15, 0.2) is 0 Å². The van der Waals surface area contributed by atoms with Gasteiger partial charge in [-0.2, -0.15) is 13.2 Å². The van der Waals surface area contributed by atoms with Crippen molar-refractivity contribution in [2.75, 3.05) is 42.1 Å². The standard InChI is InChI=1S/C29H31F3N6OS2/c1-16-15-37(9-8-33-16)19-6-7-22(20(12-19)17-2-3-17)35-28-34-14-21(29(30,31)32)25(36-28)23-13-24-26(41-23)27(39)38(10-11-40-24)18-4-5-18/h6-7,12-14,16-18,33H,2-5,8-11,15H2,1H3,(H,34,35,36)/t16-/m0/s1. The summed E-state index contributed by atoms with van der Waals surface area (Å²) in [4.78, 5) is 27.6. The van der Waals surface area contributed by atoms with E-state index in [1.165, 1.54) is 11.8 Å². The number of nitrogens with one attached hydrogen (secondary N) is 2. The molecular weight excluding hydrogens is 569 g/mol. The van der Waals surface area contributed by atoms with Gasteiger partial charge in [0, 0.05) is 66.5 Å². The van der Waals surface area contributed by atoms with Gasteiger partial charge in [0.25, 0.3) is 5.91 Å². The Labute approximate surface area is 244 Å². The van der Waals surface area contributed by atoms with E-state index in [2.05, 4.69) is 44.6 Å². The number of hydrogen-bond donors (Lipinski definition) is 2. The minimum Gasteiger partial charge on any atom is -0.369 e. The second-order valence-electron chi connectivity index (χ2n) is 11.3. The van der Waals surface area contributed by atoms with Crippen molar-refractivity contribution in [2.45, 2.75) is 61.7 Å². The molecule has 0 unspecified atom stereocenters. The Morgan fingerprint density at radius 3 is 2.68 bits per heavy atom. The van der Waals surface area contributed by atoms with Crippen LogP contribution in [0.4, 0.5) is 30.5 Å². The number of aromatic nitrogens is 2. The highest BCUT2D eigenvalue weighted by Gasteiger charge is 2.39. The molecular formula is C29H31F3N6OS2. The van der Waals surface area contributed by atoms with Crippen LogP contribution in [0.3, 0.4) is 0 Å². The molecule has 7 rings (SSSR count). The van der Waals surface area contributed by atoms with Crippen LogP contribution in [0.2, 0.25) is 0 Å². The molecule has 2 aliphatic heterocycles. The molecule has 2 aliphatic carbocycles. The van der Waals surface area contributed by atoms with Gasteiger partial charge in [0.2, 0.25) is 5.95 Å². The largest absolute Gasteiger partial charge is 0.420 e. The summed E-state index contributed by atoms with van der Waals surface area (Å²) in [5, 5.41) is 6.70. The van der Waals surface area contributed by atoms with Crippen molar-refractivity contribution in [3.05, 3.63) is 46.5 Å². The summed E-state index contributed by atoms with van der Waals surface area (Å²) in [6.07, 6.45) is 0.365. The van der Waals surface area contributed by atoms with E-state index < -0.39 is 11.7 Å². The molecule has 2 N–H and O–H groups in total. The van der Waals surface area contributed by atoms with E-state index in [0.717, 1.165) is 90.4 Å². The highest BCUT2D eigenvalue weighted by molar-refractivity contribution is 7.99. The van der Waals surface area contributed by atoms with E-state index >= 15 is 0 Å². The third kappa shape index (κ3) is 5.53. The zero-order valence-corrected chi connectivity index (χ0v) is 24.3. The van der Waals surface area contributed by atoms with Crippen LogP contribution in [-0.2, 0) is 6.18 Å². The lowest BCUT2D eigenvalue weighted by atomic mass is 10.1. The van der Waals surface area contributed by atoms with Crippen molar-refractivity contribution < 1.29 is 18.0 Å². The van der Waals surface area contributed by atoms with Crippen LogP contribution in [-0.4, -0.2) is 64.8 Å². The van der Waals surface area contributed by atoms with Gasteiger partial charge < -0.3 is 20.4 Å². The van der Waals surface area contributed by atoms with E-state index in [4.69, 9.17) is 0 Å². The molecule has 1 saturated heterocycles. The summed E-state index contributed by atoms with van der Waals surface area (Å²) in [7, 11) is 0. The number of halogens is 3. The highest BCUT2D eigenvalue weighted by atomic mass is 32.2. The Bertz CT molecular complexity index is 1490. The molecule has 12 heteroatoms. The predicted octanol–water partition coefficient (Wildman–Crippen LogP) is 6.35. The molecule has 41 heavy (non-hydrogen) atoms. The summed E-state index contributed by atoms with van der Waals surface area (Å²) in [5.41, 5.74) is 2.02. The smallest absolute Gasteiger partial charge is 0.369 e. The van der Waals surface area contributed by atoms with E-state index in [1.807, 2.05) is 11.0 Å². The van der Waals surface area contributed by atoms with E-state index in [0.29, 0.717) is 28.3 Å². The fourth-order valence-corrected chi connectivity index (χ4v) is 8.00. The zero-order valence-electron chi connectivity index (χ0n) is 22.6. The molecule has 1 amide bonds. The van der Waals surface area contributed by atoms with Crippen LogP contribution in [0.15, 0.2) is 35.4 Å². The quantitative estimate of drug-likeness (QED) is 0.342. The second kappa shape index (κ2) is 10.5. The summed E-state index contributed by atoms with van der Waals surface area (Å²) in [6.45, 7) is 5.61. The van der Waals surface area contributed by atoms with Gasteiger partial charge in [0.05, 0.1) is 10.6 Å². The van der Waals surface area contributed by atoms with Gasteiger partial charge in [-0.1, -0.05) is 0 Å². The molecule has 4 aliphatic rings. The van der Waals surface area contributed by atoms with Crippen LogP contribution in [0.5, 0.6) is 0 Å².